The highest BCUT2D eigenvalue weighted by Crippen LogP contribution is 2.23. The molecule has 0 aliphatic rings. The van der Waals surface area contributed by atoms with Crippen molar-refractivity contribution in [1.82, 2.24) is 4.72 Å². The van der Waals surface area contributed by atoms with Gasteiger partial charge in [-0.3, -0.25) is 0 Å². The van der Waals surface area contributed by atoms with Gasteiger partial charge in [-0.05, 0) is 28.9 Å². The van der Waals surface area contributed by atoms with Crippen LogP contribution in [0.5, 0.6) is 0 Å². The van der Waals surface area contributed by atoms with Crippen LogP contribution in [0.25, 0.3) is 0 Å². The number of hydrogen-bond donors (Lipinski definition) is 2. The minimum absolute atomic E-state index is 0.157. The Labute approximate surface area is 106 Å². The number of sulfonamides is 1. The maximum absolute atomic E-state index is 13.3. The predicted molar refractivity (Wildman–Crippen MR) is 60.9 cm³/mol. The monoisotopic (exact) mass is 329 g/mol. The Morgan fingerprint density at radius 3 is 2.53 bits per heavy atom. The first kappa shape index (κ1) is 14.5. The molecule has 1 aromatic rings. The van der Waals surface area contributed by atoms with E-state index < -0.39 is 39.2 Å². The summed E-state index contributed by atoms with van der Waals surface area (Å²) in [6.45, 7) is 0.983. The van der Waals surface area contributed by atoms with Crippen LogP contribution in [0, 0.1) is 11.6 Å². The first-order valence-corrected chi connectivity index (χ1v) is 6.83. The van der Waals surface area contributed by atoms with E-state index in [0.29, 0.717) is 6.07 Å². The zero-order valence-corrected chi connectivity index (χ0v) is 11.1. The second kappa shape index (κ2) is 5.38. The first-order chi connectivity index (χ1) is 7.77. The van der Waals surface area contributed by atoms with E-state index in [1.165, 1.54) is 6.92 Å². The Morgan fingerprint density at radius 1 is 1.41 bits per heavy atom. The number of aliphatic hydroxyl groups is 1. The summed E-state index contributed by atoms with van der Waals surface area (Å²) in [5.74, 6) is -2.08. The van der Waals surface area contributed by atoms with Gasteiger partial charge in [0.25, 0.3) is 0 Å². The van der Waals surface area contributed by atoms with Gasteiger partial charge in [0.05, 0.1) is 11.1 Å². The summed E-state index contributed by atoms with van der Waals surface area (Å²) in [7, 11) is -4.12. The molecule has 0 spiro atoms. The number of halogens is 3. The van der Waals surface area contributed by atoms with Crippen LogP contribution < -0.4 is 4.72 Å². The average Bonchev–Trinajstić information content (AvgIpc) is 2.22. The molecule has 1 unspecified atom stereocenters. The second-order valence-electron chi connectivity index (χ2n) is 3.40. The molecule has 0 aliphatic carbocycles. The molecule has 0 saturated heterocycles. The van der Waals surface area contributed by atoms with Crippen molar-refractivity contribution in [3.05, 3.63) is 28.2 Å². The summed E-state index contributed by atoms with van der Waals surface area (Å²) >= 11 is 2.77. The van der Waals surface area contributed by atoms with Gasteiger partial charge in [0.15, 0.2) is 0 Å². The molecule has 0 aliphatic heterocycles. The molecule has 8 heteroatoms. The molecule has 96 valence electrons. The third-order valence-corrected chi connectivity index (χ3v) is 4.11. The van der Waals surface area contributed by atoms with E-state index in [2.05, 4.69) is 15.9 Å². The SMILES string of the molecule is CC(CO)NS(=O)(=O)c1cc(Br)c(F)cc1F. The van der Waals surface area contributed by atoms with Crippen molar-refractivity contribution in [3.63, 3.8) is 0 Å². The Morgan fingerprint density at radius 2 is 2.00 bits per heavy atom. The normalized spacial score (nSPS) is 13.7. The molecule has 0 heterocycles. The topological polar surface area (TPSA) is 66.4 Å². The Hall–Kier alpha value is -0.570. The van der Waals surface area contributed by atoms with Gasteiger partial charge in [0.2, 0.25) is 10.0 Å². The van der Waals surface area contributed by atoms with Gasteiger partial charge < -0.3 is 5.11 Å². The van der Waals surface area contributed by atoms with Gasteiger partial charge in [-0.2, -0.15) is 0 Å². The predicted octanol–water partition coefficient (Wildman–Crippen LogP) is 1.39. The molecule has 2 N–H and O–H groups in total. The average molecular weight is 330 g/mol. The van der Waals surface area contributed by atoms with Crippen LogP contribution in [0.2, 0.25) is 0 Å². The summed E-state index contributed by atoms with van der Waals surface area (Å²) in [4.78, 5) is -0.675. The molecule has 1 aromatic carbocycles. The van der Waals surface area contributed by atoms with E-state index in [-0.39, 0.29) is 4.47 Å². The van der Waals surface area contributed by atoms with Gasteiger partial charge in [-0.1, -0.05) is 0 Å². The van der Waals surface area contributed by atoms with Crippen molar-refractivity contribution in [2.75, 3.05) is 6.61 Å². The van der Waals surface area contributed by atoms with Gasteiger partial charge in [-0.25, -0.2) is 21.9 Å². The molecule has 4 nitrogen and oxygen atoms in total. The molecular weight excluding hydrogens is 320 g/mol. The van der Waals surface area contributed by atoms with E-state index >= 15 is 0 Å². The fourth-order valence-electron chi connectivity index (χ4n) is 1.08. The number of benzene rings is 1. The van der Waals surface area contributed by atoms with Crippen LogP contribution in [0.15, 0.2) is 21.5 Å². The Kier molecular flexibility index (Phi) is 4.59. The fourth-order valence-corrected chi connectivity index (χ4v) is 2.89. The summed E-state index contributed by atoms with van der Waals surface area (Å²) < 4.78 is 51.5. The summed E-state index contributed by atoms with van der Waals surface area (Å²) in [5, 5.41) is 8.72. The van der Waals surface area contributed by atoms with Crippen LogP contribution in [0.3, 0.4) is 0 Å². The molecule has 0 fully saturated rings. The summed E-state index contributed by atoms with van der Waals surface area (Å²) in [6, 6.07) is 0.544. The van der Waals surface area contributed by atoms with E-state index in [1.807, 2.05) is 4.72 Å². The highest BCUT2D eigenvalue weighted by Gasteiger charge is 2.22. The van der Waals surface area contributed by atoms with Crippen molar-refractivity contribution < 1.29 is 22.3 Å². The molecular formula is C9H10BrF2NO3S. The molecule has 0 aromatic heterocycles. The zero-order chi connectivity index (χ0) is 13.2. The minimum atomic E-state index is -4.12. The summed E-state index contributed by atoms with van der Waals surface area (Å²) in [6.07, 6.45) is 0. The van der Waals surface area contributed by atoms with Crippen molar-refractivity contribution in [2.24, 2.45) is 0 Å². The van der Waals surface area contributed by atoms with Crippen LogP contribution >= 0.6 is 15.9 Å². The molecule has 17 heavy (non-hydrogen) atoms. The smallest absolute Gasteiger partial charge is 0.243 e. The summed E-state index contributed by atoms with van der Waals surface area (Å²) in [5.41, 5.74) is 0. The lowest BCUT2D eigenvalue weighted by atomic mass is 10.3. The van der Waals surface area contributed by atoms with Gasteiger partial charge >= 0.3 is 0 Å². The molecule has 0 saturated carbocycles. The quantitative estimate of drug-likeness (QED) is 0.820. The van der Waals surface area contributed by atoms with Crippen molar-refractivity contribution in [2.45, 2.75) is 17.9 Å². The number of hydrogen-bond acceptors (Lipinski definition) is 3. The second-order valence-corrected chi connectivity index (χ2v) is 5.94. The van der Waals surface area contributed by atoms with E-state index in [4.69, 9.17) is 5.11 Å². The molecule has 0 amide bonds. The first-order valence-electron chi connectivity index (χ1n) is 4.55. The van der Waals surface area contributed by atoms with Crippen LogP contribution in [-0.4, -0.2) is 26.2 Å². The number of nitrogens with one attached hydrogen (secondary N) is 1. The van der Waals surface area contributed by atoms with Gasteiger partial charge in [0, 0.05) is 12.1 Å². The van der Waals surface area contributed by atoms with Crippen molar-refractivity contribution in [1.29, 1.82) is 0 Å². The molecule has 0 radical (unpaired) electrons. The third-order valence-electron chi connectivity index (χ3n) is 1.89. The lowest BCUT2D eigenvalue weighted by Crippen LogP contribution is -2.35. The van der Waals surface area contributed by atoms with E-state index in [1.54, 1.807) is 0 Å². The molecule has 1 rings (SSSR count). The number of aliphatic hydroxyl groups excluding tert-OH is 1. The van der Waals surface area contributed by atoms with E-state index in [9.17, 15) is 17.2 Å². The Bertz CT molecular complexity index is 521. The minimum Gasteiger partial charge on any atom is -0.395 e. The lowest BCUT2D eigenvalue weighted by molar-refractivity contribution is 0.265. The highest BCUT2D eigenvalue weighted by molar-refractivity contribution is 9.10. The van der Waals surface area contributed by atoms with Gasteiger partial charge in [-0.15, -0.1) is 0 Å². The lowest BCUT2D eigenvalue weighted by Gasteiger charge is -2.12. The van der Waals surface area contributed by atoms with Crippen molar-refractivity contribution in [3.8, 4) is 0 Å². The van der Waals surface area contributed by atoms with Gasteiger partial charge in [0.1, 0.15) is 16.5 Å². The van der Waals surface area contributed by atoms with Crippen LogP contribution in [0.4, 0.5) is 8.78 Å². The maximum Gasteiger partial charge on any atom is 0.243 e. The largest absolute Gasteiger partial charge is 0.395 e. The molecule has 1 atom stereocenters. The Balaban J connectivity index is 3.20. The maximum atomic E-state index is 13.3. The van der Waals surface area contributed by atoms with Crippen LogP contribution in [-0.2, 0) is 10.0 Å². The number of rotatable bonds is 4. The fraction of sp³-hybridized carbons (Fsp3) is 0.333. The van der Waals surface area contributed by atoms with Crippen LogP contribution in [0.1, 0.15) is 6.92 Å². The standard InChI is InChI=1S/C9H10BrF2NO3S/c1-5(4-14)13-17(15,16)9-2-6(10)7(11)3-8(9)12/h2-3,5,13-14H,4H2,1H3. The molecule has 0 bridgehead atoms. The van der Waals surface area contributed by atoms with Crippen molar-refractivity contribution >= 4 is 26.0 Å². The zero-order valence-electron chi connectivity index (χ0n) is 8.75. The highest BCUT2D eigenvalue weighted by atomic mass is 79.9. The third kappa shape index (κ3) is 3.44. The van der Waals surface area contributed by atoms with E-state index in [0.717, 1.165) is 6.07 Å².